The minimum Gasteiger partial charge on any atom is -0.379 e. The third kappa shape index (κ3) is 9.42. The highest BCUT2D eigenvalue weighted by Gasteiger charge is 2.13. The Kier molecular flexibility index (Phi) is 9.98. The van der Waals surface area contributed by atoms with E-state index in [0.717, 1.165) is 32.4 Å². The Morgan fingerprint density at radius 2 is 1.83 bits per heavy atom. The van der Waals surface area contributed by atoms with Crippen LogP contribution in [0.1, 0.15) is 53.9 Å². The van der Waals surface area contributed by atoms with Crippen LogP contribution >= 0.6 is 0 Å². The highest BCUT2D eigenvalue weighted by Crippen LogP contribution is 1.95. The van der Waals surface area contributed by atoms with E-state index >= 15 is 0 Å². The largest absolute Gasteiger partial charge is 0.379 e. The maximum absolute atomic E-state index is 11.7. The first kappa shape index (κ1) is 17.4. The fourth-order valence-electron chi connectivity index (χ4n) is 1.43. The van der Waals surface area contributed by atoms with Crippen LogP contribution in [0.25, 0.3) is 0 Å². The summed E-state index contributed by atoms with van der Waals surface area (Å²) in [5.41, 5.74) is 0. The van der Waals surface area contributed by atoms with Gasteiger partial charge >= 0.3 is 0 Å². The summed E-state index contributed by atoms with van der Waals surface area (Å²) >= 11 is 0. The van der Waals surface area contributed by atoms with Crippen molar-refractivity contribution in [1.82, 2.24) is 10.6 Å². The number of amides is 1. The smallest absolute Gasteiger partial charge is 0.237 e. The Labute approximate surface area is 112 Å². The number of rotatable bonds is 10. The first-order valence-electron chi connectivity index (χ1n) is 7.12. The van der Waals surface area contributed by atoms with Crippen molar-refractivity contribution in [3.63, 3.8) is 0 Å². The first-order valence-corrected chi connectivity index (χ1v) is 7.12. The van der Waals surface area contributed by atoms with Crippen molar-refractivity contribution in [2.45, 2.75) is 72.1 Å². The monoisotopic (exact) mass is 258 g/mol. The van der Waals surface area contributed by atoms with Gasteiger partial charge in [0.05, 0.1) is 12.1 Å². The lowest BCUT2D eigenvalue weighted by molar-refractivity contribution is -0.123. The molecule has 0 saturated carbocycles. The third-order valence-electron chi connectivity index (χ3n) is 2.87. The molecule has 4 heteroatoms. The lowest BCUT2D eigenvalue weighted by atomic mass is 10.2. The van der Waals surface area contributed by atoms with E-state index in [2.05, 4.69) is 17.6 Å². The Hall–Kier alpha value is -0.610. The molecule has 2 unspecified atom stereocenters. The van der Waals surface area contributed by atoms with Crippen molar-refractivity contribution >= 4 is 5.91 Å². The van der Waals surface area contributed by atoms with Crippen molar-refractivity contribution in [2.24, 2.45) is 0 Å². The number of carbonyl (C=O) groups excluding carboxylic acids is 1. The summed E-state index contributed by atoms with van der Waals surface area (Å²) in [6, 6.07) is 0.131. The van der Waals surface area contributed by atoms with Gasteiger partial charge in [-0.05, 0) is 53.5 Å². The Balaban J connectivity index is 3.52. The minimum atomic E-state index is -0.120. The van der Waals surface area contributed by atoms with Crippen molar-refractivity contribution in [3.8, 4) is 0 Å². The SMILES string of the molecule is CCC(C)NC(=O)C(C)NCCCCOC(C)C. The number of unbranched alkanes of at least 4 members (excludes halogenated alkanes) is 1. The Morgan fingerprint density at radius 1 is 1.17 bits per heavy atom. The molecule has 0 radical (unpaired) electrons. The normalized spacial score (nSPS) is 14.6. The predicted octanol–water partition coefficient (Wildman–Crippen LogP) is 2.08. The summed E-state index contributed by atoms with van der Waals surface area (Å²) in [6.07, 6.45) is 3.34. The average molecular weight is 258 g/mol. The molecule has 0 aliphatic heterocycles. The van der Waals surface area contributed by atoms with Crippen LogP contribution < -0.4 is 10.6 Å². The topological polar surface area (TPSA) is 50.4 Å². The summed E-state index contributed by atoms with van der Waals surface area (Å²) in [5, 5.41) is 6.20. The Morgan fingerprint density at radius 3 is 2.39 bits per heavy atom. The van der Waals surface area contributed by atoms with Gasteiger partial charge in [0.2, 0.25) is 5.91 Å². The summed E-state index contributed by atoms with van der Waals surface area (Å²) in [6.45, 7) is 11.7. The van der Waals surface area contributed by atoms with Gasteiger partial charge in [-0.1, -0.05) is 6.92 Å². The maximum Gasteiger partial charge on any atom is 0.237 e. The molecule has 0 aliphatic rings. The molecule has 0 aliphatic carbocycles. The number of carbonyl (C=O) groups is 1. The number of ether oxygens (including phenoxy) is 1. The van der Waals surface area contributed by atoms with Crippen molar-refractivity contribution in [2.75, 3.05) is 13.2 Å². The van der Waals surface area contributed by atoms with Gasteiger partial charge in [0.1, 0.15) is 0 Å². The van der Waals surface area contributed by atoms with Crippen LogP contribution in [0.15, 0.2) is 0 Å². The number of hydrogen-bond donors (Lipinski definition) is 2. The maximum atomic E-state index is 11.7. The zero-order chi connectivity index (χ0) is 14.0. The first-order chi connectivity index (χ1) is 8.47. The molecule has 0 heterocycles. The number of nitrogens with one attached hydrogen (secondary N) is 2. The van der Waals surface area contributed by atoms with E-state index in [0.29, 0.717) is 6.10 Å². The molecule has 0 rings (SSSR count). The second-order valence-electron chi connectivity index (χ2n) is 5.12. The van der Waals surface area contributed by atoms with Crippen LogP contribution in [-0.4, -0.2) is 37.2 Å². The molecule has 4 nitrogen and oxygen atoms in total. The molecule has 18 heavy (non-hydrogen) atoms. The highest BCUT2D eigenvalue weighted by atomic mass is 16.5. The van der Waals surface area contributed by atoms with E-state index in [1.54, 1.807) is 0 Å². The second-order valence-corrected chi connectivity index (χ2v) is 5.12. The summed E-state index contributed by atoms with van der Waals surface area (Å²) < 4.78 is 5.46. The molecule has 0 bridgehead atoms. The molecular formula is C14H30N2O2. The van der Waals surface area contributed by atoms with Gasteiger partial charge in [-0.2, -0.15) is 0 Å². The van der Waals surface area contributed by atoms with Gasteiger partial charge in [0.25, 0.3) is 0 Å². The van der Waals surface area contributed by atoms with Crippen LogP contribution in [0.2, 0.25) is 0 Å². The van der Waals surface area contributed by atoms with Crippen LogP contribution in [0.3, 0.4) is 0 Å². The minimum absolute atomic E-state index is 0.0859. The van der Waals surface area contributed by atoms with E-state index in [1.807, 2.05) is 27.7 Å². The van der Waals surface area contributed by atoms with E-state index in [4.69, 9.17) is 4.74 Å². The van der Waals surface area contributed by atoms with E-state index < -0.39 is 0 Å². The molecule has 0 aromatic carbocycles. The van der Waals surface area contributed by atoms with Crippen molar-refractivity contribution in [1.29, 1.82) is 0 Å². The zero-order valence-corrected chi connectivity index (χ0v) is 12.6. The van der Waals surface area contributed by atoms with Crippen LogP contribution in [0, 0.1) is 0 Å². The van der Waals surface area contributed by atoms with Gasteiger partial charge < -0.3 is 15.4 Å². The highest BCUT2D eigenvalue weighted by molar-refractivity contribution is 5.81. The van der Waals surface area contributed by atoms with Gasteiger partial charge in [-0.3, -0.25) is 4.79 Å². The summed E-state index contributed by atoms with van der Waals surface area (Å²) in [7, 11) is 0. The van der Waals surface area contributed by atoms with Crippen molar-refractivity contribution < 1.29 is 9.53 Å². The fraction of sp³-hybridized carbons (Fsp3) is 0.929. The lowest BCUT2D eigenvalue weighted by Crippen LogP contribution is -2.45. The molecule has 0 fully saturated rings. The van der Waals surface area contributed by atoms with Gasteiger partial charge in [0, 0.05) is 12.6 Å². The quantitative estimate of drug-likeness (QED) is 0.590. The van der Waals surface area contributed by atoms with Crippen molar-refractivity contribution in [3.05, 3.63) is 0 Å². The molecule has 1 amide bonds. The number of hydrogen-bond acceptors (Lipinski definition) is 3. The Bertz CT molecular complexity index is 220. The molecule has 0 spiro atoms. The predicted molar refractivity (Wildman–Crippen MR) is 75.7 cm³/mol. The summed E-state index contributed by atoms with van der Waals surface area (Å²) in [5.74, 6) is 0.0859. The van der Waals surface area contributed by atoms with Gasteiger partial charge in [-0.15, -0.1) is 0 Å². The summed E-state index contributed by atoms with van der Waals surface area (Å²) in [4.78, 5) is 11.7. The molecule has 0 saturated heterocycles. The van der Waals surface area contributed by atoms with E-state index in [9.17, 15) is 4.79 Å². The fourth-order valence-corrected chi connectivity index (χ4v) is 1.43. The molecule has 2 N–H and O–H groups in total. The molecule has 0 aromatic rings. The molecule has 0 aromatic heterocycles. The van der Waals surface area contributed by atoms with Crippen LogP contribution in [0.5, 0.6) is 0 Å². The van der Waals surface area contributed by atoms with Crippen LogP contribution in [0.4, 0.5) is 0 Å². The standard InChI is InChI=1S/C14H30N2O2/c1-6-12(4)16-14(17)13(5)15-9-7-8-10-18-11(2)3/h11-13,15H,6-10H2,1-5H3,(H,16,17). The third-order valence-corrected chi connectivity index (χ3v) is 2.87. The van der Waals surface area contributed by atoms with E-state index in [-0.39, 0.29) is 18.0 Å². The molecule has 2 atom stereocenters. The van der Waals surface area contributed by atoms with Gasteiger partial charge in [0.15, 0.2) is 0 Å². The van der Waals surface area contributed by atoms with Gasteiger partial charge in [-0.25, -0.2) is 0 Å². The zero-order valence-electron chi connectivity index (χ0n) is 12.6. The van der Waals surface area contributed by atoms with Crippen LogP contribution in [-0.2, 0) is 9.53 Å². The molecular weight excluding hydrogens is 228 g/mol. The second kappa shape index (κ2) is 10.3. The lowest BCUT2D eigenvalue weighted by Gasteiger charge is -2.17. The average Bonchev–Trinajstić information content (AvgIpc) is 2.32. The van der Waals surface area contributed by atoms with E-state index in [1.165, 1.54) is 0 Å². The molecule has 108 valence electrons.